The van der Waals surface area contributed by atoms with Crippen molar-refractivity contribution in [2.45, 2.75) is 13.5 Å². The summed E-state index contributed by atoms with van der Waals surface area (Å²) in [6.45, 7) is 2.03. The van der Waals surface area contributed by atoms with E-state index in [1.165, 1.54) is 18.0 Å². The highest BCUT2D eigenvalue weighted by Gasteiger charge is 2.19. The van der Waals surface area contributed by atoms with Crippen molar-refractivity contribution in [2.75, 3.05) is 7.11 Å². The van der Waals surface area contributed by atoms with Crippen LogP contribution in [0, 0.1) is 6.92 Å². The molecule has 0 spiro atoms. The van der Waals surface area contributed by atoms with E-state index in [-0.39, 0.29) is 5.56 Å². The van der Waals surface area contributed by atoms with Crippen LogP contribution in [0.4, 0.5) is 0 Å². The zero-order chi connectivity index (χ0) is 17.4. The van der Waals surface area contributed by atoms with Crippen LogP contribution in [0.3, 0.4) is 0 Å². The maximum absolute atomic E-state index is 12.7. The number of methoxy groups -OCH3 is 1. The van der Waals surface area contributed by atoms with E-state index in [0.29, 0.717) is 37.2 Å². The van der Waals surface area contributed by atoms with Crippen LogP contribution in [0.2, 0.25) is 10.0 Å². The number of halogens is 2. The van der Waals surface area contributed by atoms with Crippen molar-refractivity contribution < 1.29 is 9.53 Å². The quantitative estimate of drug-likeness (QED) is 0.644. The van der Waals surface area contributed by atoms with E-state index in [4.69, 9.17) is 27.9 Å². The third kappa shape index (κ3) is 2.92. The van der Waals surface area contributed by atoms with E-state index in [9.17, 15) is 9.59 Å². The second-order valence-electron chi connectivity index (χ2n) is 5.15. The van der Waals surface area contributed by atoms with E-state index >= 15 is 0 Å². The smallest absolute Gasteiger partial charge is 0.348 e. The summed E-state index contributed by atoms with van der Waals surface area (Å²) in [6, 6.07) is 5.19. The van der Waals surface area contributed by atoms with E-state index in [1.54, 1.807) is 25.1 Å². The van der Waals surface area contributed by atoms with Crippen molar-refractivity contribution in [3.8, 4) is 0 Å². The molecule has 5 nitrogen and oxygen atoms in total. The lowest BCUT2D eigenvalue weighted by Gasteiger charge is -2.07. The third-order valence-electron chi connectivity index (χ3n) is 3.63. The standard InChI is InChI=1S/C16H12Cl2N2O3S/c1-8-12-14(24-13(8)16(22)23-2)19-7-20(15(12)21)6-9-3-4-10(17)11(18)5-9/h3-5,7H,6H2,1-2H3. The van der Waals surface area contributed by atoms with Gasteiger partial charge in [0.15, 0.2) is 0 Å². The summed E-state index contributed by atoms with van der Waals surface area (Å²) >= 11 is 13.1. The van der Waals surface area contributed by atoms with Crippen molar-refractivity contribution in [3.05, 3.63) is 60.9 Å². The van der Waals surface area contributed by atoms with Gasteiger partial charge in [0.1, 0.15) is 9.71 Å². The highest BCUT2D eigenvalue weighted by Crippen LogP contribution is 2.27. The normalized spacial score (nSPS) is 11.0. The Bertz CT molecular complexity index is 1010. The van der Waals surface area contributed by atoms with Gasteiger partial charge in [-0.1, -0.05) is 29.3 Å². The van der Waals surface area contributed by atoms with Crippen molar-refractivity contribution >= 4 is 50.7 Å². The van der Waals surface area contributed by atoms with Crippen LogP contribution in [0.15, 0.2) is 29.3 Å². The monoisotopic (exact) mass is 382 g/mol. The fourth-order valence-corrected chi connectivity index (χ4v) is 3.77. The van der Waals surface area contributed by atoms with Crippen LogP contribution in [0.25, 0.3) is 10.2 Å². The summed E-state index contributed by atoms with van der Waals surface area (Å²) in [5.41, 5.74) is 1.20. The SMILES string of the molecule is COC(=O)c1sc2ncn(Cc3ccc(Cl)c(Cl)c3)c(=O)c2c1C. The Labute approximate surface area is 151 Å². The van der Waals surface area contributed by atoms with Gasteiger partial charge in [-0.15, -0.1) is 11.3 Å². The third-order valence-corrected chi connectivity index (χ3v) is 5.54. The Kier molecular flexibility index (Phi) is 4.62. The molecule has 1 aromatic carbocycles. The Morgan fingerprint density at radius 3 is 2.75 bits per heavy atom. The van der Waals surface area contributed by atoms with Gasteiger partial charge in [0.25, 0.3) is 5.56 Å². The number of thiophene rings is 1. The summed E-state index contributed by atoms with van der Waals surface area (Å²) < 4.78 is 6.22. The lowest BCUT2D eigenvalue weighted by atomic mass is 10.2. The number of aryl methyl sites for hydroxylation is 1. The van der Waals surface area contributed by atoms with Gasteiger partial charge >= 0.3 is 5.97 Å². The number of ether oxygens (including phenoxy) is 1. The molecular formula is C16H12Cl2N2O3S. The molecule has 2 heterocycles. The molecule has 0 saturated carbocycles. The van der Waals surface area contributed by atoms with Crippen LogP contribution >= 0.6 is 34.5 Å². The van der Waals surface area contributed by atoms with Crippen molar-refractivity contribution in [1.29, 1.82) is 0 Å². The molecule has 0 radical (unpaired) electrons. The minimum absolute atomic E-state index is 0.213. The van der Waals surface area contributed by atoms with Crippen LogP contribution in [-0.4, -0.2) is 22.6 Å². The second-order valence-corrected chi connectivity index (χ2v) is 6.97. The number of carbonyl (C=O) groups is 1. The molecule has 0 aliphatic heterocycles. The first-order valence-corrected chi connectivity index (χ1v) is 8.50. The Balaban J connectivity index is 2.08. The summed E-state index contributed by atoms with van der Waals surface area (Å²) in [5, 5.41) is 1.32. The molecule has 0 bridgehead atoms. The van der Waals surface area contributed by atoms with Crippen LogP contribution in [0.1, 0.15) is 20.8 Å². The molecular weight excluding hydrogens is 371 g/mol. The molecule has 0 unspecified atom stereocenters. The Hall–Kier alpha value is -1.89. The number of hydrogen-bond donors (Lipinski definition) is 0. The molecule has 2 aromatic heterocycles. The first-order chi connectivity index (χ1) is 11.4. The molecule has 0 atom stereocenters. The maximum atomic E-state index is 12.7. The van der Waals surface area contributed by atoms with E-state index in [1.807, 2.05) is 0 Å². The first kappa shape index (κ1) is 17.0. The fourth-order valence-electron chi connectivity index (χ4n) is 2.39. The molecule has 0 aliphatic carbocycles. The molecule has 0 amide bonds. The minimum Gasteiger partial charge on any atom is -0.465 e. The minimum atomic E-state index is -0.467. The summed E-state index contributed by atoms with van der Waals surface area (Å²) in [7, 11) is 1.31. The Morgan fingerprint density at radius 2 is 2.08 bits per heavy atom. The Morgan fingerprint density at radius 1 is 1.33 bits per heavy atom. The topological polar surface area (TPSA) is 61.2 Å². The molecule has 0 fully saturated rings. The largest absolute Gasteiger partial charge is 0.465 e. The highest BCUT2D eigenvalue weighted by atomic mass is 35.5. The molecule has 0 saturated heterocycles. The van der Waals surface area contributed by atoms with E-state index in [0.717, 1.165) is 16.9 Å². The van der Waals surface area contributed by atoms with Gasteiger partial charge in [-0.05, 0) is 30.2 Å². The predicted octanol–water partition coefficient (Wildman–Crippen LogP) is 3.91. The van der Waals surface area contributed by atoms with Gasteiger partial charge in [0.2, 0.25) is 0 Å². The van der Waals surface area contributed by atoms with Crippen LogP contribution in [0.5, 0.6) is 0 Å². The molecule has 3 aromatic rings. The summed E-state index contributed by atoms with van der Waals surface area (Å²) in [4.78, 5) is 29.7. The van der Waals surface area contributed by atoms with E-state index in [2.05, 4.69) is 4.98 Å². The van der Waals surface area contributed by atoms with Crippen molar-refractivity contribution in [1.82, 2.24) is 9.55 Å². The molecule has 0 aliphatic rings. The zero-order valence-electron chi connectivity index (χ0n) is 12.8. The number of hydrogen-bond acceptors (Lipinski definition) is 5. The summed E-state index contributed by atoms with van der Waals surface area (Å²) in [5.74, 6) is -0.467. The van der Waals surface area contributed by atoms with Crippen molar-refractivity contribution in [3.63, 3.8) is 0 Å². The molecule has 24 heavy (non-hydrogen) atoms. The molecule has 124 valence electrons. The van der Waals surface area contributed by atoms with E-state index < -0.39 is 5.97 Å². The number of benzene rings is 1. The fraction of sp³-hybridized carbons (Fsp3) is 0.188. The zero-order valence-corrected chi connectivity index (χ0v) is 15.1. The van der Waals surface area contributed by atoms with Gasteiger partial charge < -0.3 is 4.74 Å². The highest BCUT2D eigenvalue weighted by molar-refractivity contribution is 7.20. The summed E-state index contributed by atoms with van der Waals surface area (Å²) in [6.07, 6.45) is 1.46. The van der Waals surface area contributed by atoms with Gasteiger partial charge in [-0.25, -0.2) is 9.78 Å². The molecule has 0 N–H and O–H groups in total. The number of aromatic nitrogens is 2. The molecule has 8 heteroatoms. The second kappa shape index (κ2) is 6.55. The number of nitrogens with zero attached hydrogens (tertiary/aromatic N) is 2. The van der Waals surface area contributed by atoms with Crippen molar-refractivity contribution in [2.24, 2.45) is 0 Å². The lowest BCUT2D eigenvalue weighted by molar-refractivity contribution is 0.0605. The van der Waals surface area contributed by atoms with Gasteiger partial charge in [0, 0.05) is 0 Å². The van der Waals surface area contributed by atoms with Crippen LogP contribution < -0.4 is 5.56 Å². The predicted molar refractivity (Wildman–Crippen MR) is 95.5 cm³/mol. The number of rotatable bonds is 3. The van der Waals surface area contributed by atoms with Gasteiger partial charge in [-0.3, -0.25) is 9.36 Å². The maximum Gasteiger partial charge on any atom is 0.348 e. The molecule has 3 rings (SSSR count). The average Bonchev–Trinajstić information content (AvgIpc) is 2.90. The lowest BCUT2D eigenvalue weighted by Crippen LogP contribution is -2.21. The number of fused-ring (bicyclic) bond motifs is 1. The average molecular weight is 383 g/mol. The van der Waals surface area contributed by atoms with Crippen LogP contribution in [-0.2, 0) is 11.3 Å². The number of esters is 1. The van der Waals surface area contributed by atoms with Gasteiger partial charge in [-0.2, -0.15) is 0 Å². The first-order valence-electron chi connectivity index (χ1n) is 6.93. The van der Waals surface area contributed by atoms with Gasteiger partial charge in [0.05, 0.1) is 35.4 Å². The number of carbonyl (C=O) groups excluding carboxylic acids is 1.